The Morgan fingerprint density at radius 1 is 1.15 bits per heavy atom. The van der Waals surface area contributed by atoms with E-state index >= 15 is 0 Å². The van der Waals surface area contributed by atoms with Crippen LogP contribution in [0.15, 0.2) is 47.7 Å². The predicted molar refractivity (Wildman–Crippen MR) is 141 cm³/mol. The molecule has 12 heteroatoms. The minimum Gasteiger partial charge on any atom is -0.444 e. The van der Waals surface area contributed by atoms with Crippen LogP contribution in [-0.2, 0) is 23.4 Å². The second-order valence-corrected chi connectivity index (χ2v) is 11.4. The fourth-order valence-electron chi connectivity index (χ4n) is 4.52. The van der Waals surface area contributed by atoms with Crippen LogP contribution in [0.3, 0.4) is 0 Å². The lowest BCUT2D eigenvalue weighted by Gasteiger charge is -2.30. The van der Waals surface area contributed by atoms with Crippen molar-refractivity contribution in [1.29, 1.82) is 0 Å². The number of rotatable bonds is 8. The fraction of sp³-hybridized carbons (Fsp3) is 0.519. The number of nitrogens with zero attached hydrogens (tertiary/aromatic N) is 4. The first-order valence-electron chi connectivity index (χ1n) is 12.5. The highest BCUT2D eigenvalue weighted by atomic mass is 79.9. The van der Waals surface area contributed by atoms with E-state index in [9.17, 15) is 26.7 Å². The number of benzene rings is 1. The van der Waals surface area contributed by atoms with Crippen molar-refractivity contribution in [2.24, 2.45) is 0 Å². The van der Waals surface area contributed by atoms with Crippen LogP contribution in [0.25, 0.3) is 0 Å². The summed E-state index contributed by atoms with van der Waals surface area (Å²) in [7, 11) is 0. The van der Waals surface area contributed by atoms with E-state index in [1.54, 1.807) is 30.6 Å². The fourth-order valence-corrected chi connectivity index (χ4v) is 4.72. The van der Waals surface area contributed by atoms with Gasteiger partial charge in [0, 0.05) is 43.5 Å². The Balaban J connectivity index is 2.04. The summed E-state index contributed by atoms with van der Waals surface area (Å²) in [4.78, 5) is 24.8. The van der Waals surface area contributed by atoms with Crippen LogP contribution in [0.5, 0.6) is 0 Å². The minimum absolute atomic E-state index is 0.0128. The van der Waals surface area contributed by atoms with E-state index in [0.717, 1.165) is 18.2 Å². The van der Waals surface area contributed by atoms with Crippen molar-refractivity contribution in [3.8, 4) is 0 Å². The van der Waals surface area contributed by atoms with Gasteiger partial charge in [-0.15, -0.1) is 6.58 Å². The van der Waals surface area contributed by atoms with E-state index in [1.165, 1.54) is 12.4 Å². The van der Waals surface area contributed by atoms with Gasteiger partial charge in [0.25, 0.3) is 5.92 Å². The highest BCUT2D eigenvalue weighted by Gasteiger charge is 2.41. The maximum absolute atomic E-state index is 14.7. The Hall–Kier alpha value is -2.76. The van der Waals surface area contributed by atoms with Gasteiger partial charge in [0.1, 0.15) is 5.60 Å². The third-order valence-corrected chi connectivity index (χ3v) is 6.70. The molecule has 2 aromatic rings. The zero-order valence-corrected chi connectivity index (χ0v) is 23.8. The molecule has 0 aliphatic carbocycles. The van der Waals surface area contributed by atoms with Crippen molar-refractivity contribution in [2.75, 3.05) is 11.4 Å². The van der Waals surface area contributed by atoms with Gasteiger partial charge in [-0.2, -0.15) is 13.2 Å². The maximum Gasteiger partial charge on any atom is 0.416 e. The SMILES string of the molecule is C=CCC(F)(F)c1cc(CN(c2ncc(Br)cn2)C2CC(CC)N(C(=O)OC(C)(C)C)C2)cc(C(F)(F)F)c1. The molecule has 1 fully saturated rings. The first-order chi connectivity index (χ1) is 18.0. The zero-order chi connectivity index (χ0) is 29.2. The van der Waals surface area contributed by atoms with E-state index < -0.39 is 47.4 Å². The van der Waals surface area contributed by atoms with Crippen LogP contribution in [0.2, 0.25) is 0 Å². The van der Waals surface area contributed by atoms with Crippen molar-refractivity contribution >= 4 is 28.0 Å². The van der Waals surface area contributed by atoms with Gasteiger partial charge in [0.2, 0.25) is 5.95 Å². The van der Waals surface area contributed by atoms with Gasteiger partial charge in [-0.25, -0.2) is 23.5 Å². The molecule has 1 saturated heterocycles. The van der Waals surface area contributed by atoms with Gasteiger partial charge >= 0.3 is 12.3 Å². The Labute approximate surface area is 233 Å². The van der Waals surface area contributed by atoms with Crippen molar-refractivity contribution in [3.05, 3.63) is 64.4 Å². The molecule has 2 unspecified atom stereocenters. The minimum atomic E-state index is -4.83. The molecule has 214 valence electrons. The lowest BCUT2D eigenvalue weighted by Crippen LogP contribution is -2.42. The van der Waals surface area contributed by atoms with Gasteiger partial charge < -0.3 is 14.5 Å². The average Bonchev–Trinajstić information content (AvgIpc) is 3.26. The highest BCUT2D eigenvalue weighted by Crippen LogP contribution is 2.38. The van der Waals surface area contributed by atoms with E-state index in [-0.39, 0.29) is 30.6 Å². The number of allylic oxidation sites excluding steroid dienone is 1. The van der Waals surface area contributed by atoms with Crippen LogP contribution in [0.4, 0.5) is 32.7 Å². The van der Waals surface area contributed by atoms with Crippen molar-refractivity contribution < 1.29 is 31.5 Å². The van der Waals surface area contributed by atoms with Gasteiger partial charge in [0.15, 0.2) is 0 Å². The lowest BCUT2D eigenvalue weighted by molar-refractivity contribution is -0.137. The van der Waals surface area contributed by atoms with E-state index in [4.69, 9.17) is 4.74 Å². The number of carbonyl (C=O) groups is 1. The normalized spacial score (nSPS) is 18.3. The molecule has 0 N–H and O–H groups in total. The molecule has 1 aromatic carbocycles. The van der Waals surface area contributed by atoms with E-state index in [2.05, 4.69) is 32.5 Å². The summed E-state index contributed by atoms with van der Waals surface area (Å²) in [6.07, 6.45) is -1.11. The quantitative estimate of drug-likeness (QED) is 0.224. The van der Waals surface area contributed by atoms with Crippen LogP contribution in [0, 0.1) is 0 Å². The monoisotopic (exact) mass is 618 g/mol. The van der Waals surface area contributed by atoms with Gasteiger partial charge in [-0.05, 0) is 73.3 Å². The van der Waals surface area contributed by atoms with E-state index in [0.29, 0.717) is 23.4 Å². The first kappa shape index (κ1) is 30.8. The van der Waals surface area contributed by atoms with Crippen LogP contribution in [0.1, 0.15) is 63.6 Å². The van der Waals surface area contributed by atoms with Crippen molar-refractivity contribution in [2.45, 2.75) is 83.3 Å². The topological polar surface area (TPSA) is 58.6 Å². The Morgan fingerprint density at radius 3 is 2.31 bits per heavy atom. The van der Waals surface area contributed by atoms with Crippen molar-refractivity contribution in [1.82, 2.24) is 14.9 Å². The van der Waals surface area contributed by atoms with Crippen LogP contribution < -0.4 is 4.90 Å². The van der Waals surface area contributed by atoms with Gasteiger partial charge in [0.05, 0.1) is 16.1 Å². The molecular weight excluding hydrogens is 587 g/mol. The molecule has 1 aliphatic heterocycles. The largest absolute Gasteiger partial charge is 0.444 e. The molecule has 1 amide bonds. The number of aromatic nitrogens is 2. The molecular formula is C27H32BrF5N4O2. The predicted octanol–water partition coefficient (Wildman–Crippen LogP) is 7.72. The van der Waals surface area contributed by atoms with Gasteiger partial charge in [-0.3, -0.25) is 0 Å². The smallest absolute Gasteiger partial charge is 0.416 e. The highest BCUT2D eigenvalue weighted by molar-refractivity contribution is 9.10. The number of anilines is 1. The molecule has 0 saturated carbocycles. The molecule has 39 heavy (non-hydrogen) atoms. The molecule has 1 aromatic heterocycles. The van der Waals surface area contributed by atoms with Crippen LogP contribution >= 0.6 is 15.9 Å². The Morgan fingerprint density at radius 2 is 1.77 bits per heavy atom. The maximum atomic E-state index is 14.7. The number of amides is 1. The molecule has 6 nitrogen and oxygen atoms in total. The number of hydrogen-bond donors (Lipinski definition) is 0. The summed E-state index contributed by atoms with van der Waals surface area (Å²) in [5.41, 5.74) is -2.63. The molecule has 3 rings (SSSR count). The van der Waals surface area contributed by atoms with Gasteiger partial charge in [-0.1, -0.05) is 13.0 Å². The Kier molecular flexibility index (Phi) is 9.29. The molecule has 1 aliphatic rings. The first-order valence-corrected chi connectivity index (χ1v) is 13.3. The van der Waals surface area contributed by atoms with Crippen molar-refractivity contribution in [3.63, 3.8) is 0 Å². The number of likely N-dealkylation sites (tertiary alicyclic amines) is 1. The van der Waals surface area contributed by atoms with Crippen LogP contribution in [-0.4, -0.2) is 45.2 Å². The number of alkyl halides is 5. The standard InChI is InChI=1S/C27H32BrF5N4O2/c1-6-8-26(29,30)18-9-17(10-19(11-18)27(31,32)33)15-36(23-34-13-20(28)14-35-23)22-12-21(7-2)37(16-22)24(38)39-25(3,4)5/h6,9-11,13-14,21-22H,1,7-8,12,15-16H2,2-5H3. The molecule has 0 bridgehead atoms. The summed E-state index contributed by atoms with van der Waals surface area (Å²) < 4.78 is 76.8. The number of carbonyl (C=O) groups excluding carboxylic acids is 1. The van der Waals surface area contributed by atoms with E-state index in [1.807, 2.05) is 6.92 Å². The number of ether oxygens (including phenoxy) is 1. The molecule has 0 radical (unpaired) electrons. The summed E-state index contributed by atoms with van der Waals surface area (Å²) in [5, 5.41) is 0. The second-order valence-electron chi connectivity index (χ2n) is 10.5. The zero-order valence-electron chi connectivity index (χ0n) is 22.2. The summed E-state index contributed by atoms with van der Waals surface area (Å²) in [6.45, 7) is 10.5. The summed E-state index contributed by atoms with van der Waals surface area (Å²) >= 11 is 3.27. The lowest BCUT2D eigenvalue weighted by atomic mass is 9.98. The molecule has 0 spiro atoms. The Bertz CT molecular complexity index is 1170. The summed E-state index contributed by atoms with van der Waals surface area (Å²) in [6, 6.07) is 1.80. The second kappa shape index (κ2) is 11.8. The summed E-state index contributed by atoms with van der Waals surface area (Å²) in [5.74, 6) is -3.34. The number of hydrogen-bond acceptors (Lipinski definition) is 5. The molecule has 2 atom stereocenters. The number of halogens is 6. The molecule has 2 heterocycles. The third-order valence-electron chi connectivity index (χ3n) is 6.29. The third kappa shape index (κ3) is 7.89. The average molecular weight is 619 g/mol.